The Labute approximate surface area is 184 Å². The van der Waals surface area contributed by atoms with Gasteiger partial charge in [-0.15, -0.1) is 10.2 Å². The molecule has 1 N–H and O–H groups in total. The first-order chi connectivity index (χ1) is 14.9. The standard InChI is InChI=1S/C22H31N5O3S/c1-17-6-8-19(9-7-17)31(29,30)26-15-11-18(12-16-26)22(28)23-13-10-21-25-24-20-5-3-2-4-14-27(20)21/h6-9,18H,2-5,10-16H2,1H3,(H,23,28). The van der Waals surface area contributed by atoms with Crippen LogP contribution in [0.2, 0.25) is 0 Å². The van der Waals surface area contributed by atoms with Crippen molar-refractivity contribution in [2.45, 2.75) is 63.3 Å². The molecule has 31 heavy (non-hydrogen) atoms. The smallest absolute Gasteiger partial charge is 0.243 e. The zero-order valence-electron chi connectivity index (χ0n) is 18.1. The largest absolute Gasteiger partial charge is 0.355 e. The molecule has 0 unspecified atom stereocenters. The molecule has 0 bridgehead atoms. The first-order valence-corrected chi connectivity index (χ1v) is 12.6. The number of carbonyl (C=O) groups excluding carboxylic acids is 1. The van der Waals surface area contributed by atoms with Gasteiger partial charge in [-0.25, -0.2) is 8.42 Å². The van der Waals surface area contributed by atoms with E-state index in [9.17, 15) is 13.2 Å². The molecule has 1 amide bonds. The molecular formula is C22H31N5O3S. The lowest BCUT2D eigenvalue weighted by Gasteiger charge is -2.30. The molecule has 0 radical (unpaired) electrons. The van der Waals surface area contributed by atoms with E-state index in [1.54, 1.807) is 24.3 Å². The number of nitrogens with zero attached hydrogens (tertiary/aromatic N) is 4. The molecule has 1 saturated heterocycles. The Hall–Kier alpha value is -2.26. The molecule has 0 saturated carbocycles. The third-order valence-electron chi connectivity index (χ3n) is 6.32. The third-order valence-corrected chi connectivity index (χ3v) is 8.23. The number of piperidine rings is 1. The van der Waals surface area contributed by atoms with Crippen molar-refractivity contribution in [1.29, 1.82) is 0 Å². The number of aryl methyl sites for hydroxylation is 2. The Morgan fingerprint density at radius 1 is 1.06 bits per heavy atom. The lowest BCUT2D eigenvalue weighted by atomic mass is 9.97. The Morgan fingerprint density at radius 3 is 2.55 bits per heavy atom. The summed E-state index contributed by atoms with van der Waals surface area (Å²) in [5, 5.41) is 11.6. The summed E-state index contributed by atoms with van der Waals surface area (Å²) in [6.45, 7) is 4.15. The molecule has 168 valence electrons. The number of fused-ring (bicyclic) bond motifs is 1. The van der Waals surface area contributed by atoms with Crippen LogP contribution in [-0.2, 0) is 34.2 Å². The van der Waals surface area contributed by atoms with Crippen LogP contribution in [0.3, 0.4) is 0 Å². The average Bonchev–Trinajstić information content (AvgIpc) is 3.00. The first kappa shape index (κ1) is 22.0. The number of aromatic nitrogens is 3. The van der Waals surface area contributed by atoms with Crippen molar-refractivity contribution in [3.8, 4) is 0 Å². The van der Waals surface area contributed by atoms with Gasteiger partial charge in [0.05, 0.1) is 4.90 Å². The van der Waals surface area contributed by atoms with Gasteiger partial charge in [0.2, 0.25) is 15.9 Å². The van der Waals surface area contributed by atoms with E-state index >= 15 is 0 Å². The molecule has 4 rings (SSSR count). The van der Waals surface area contributed by atoms with Crippen LogP contribution in [0.4, 0.5) is 0 Å². The molecule has 1 aromatic carbocycles. The number of amides is 1. The molecular weight excluding hydrogens is 414 g/mol. The molecule has 3 heterocycles. The highest BCUT2D eigenvalue weighted by Crippen LogP contribution is 2.24. The van der Waals surface area contributed by atoms with Crippen LogP contribution in [0.5, 0.6) is 0 Å². The summed E-state index contributed by atoms with van der Waals surface area (Å²) in [6, 6.07) is 6.91. The van der Waals surface area contributed by atoms with Gasteiger partial charge in [-0.05, 0) is 44.7 Å². The summed E-state index contributed by atoms with van der Waals surface area (Å²) < 4.78 is 29.4. The van der Waals surface area contributed by atoms with Gasteiger partial charge in [0, 0.05) is 44.9 Å². The fraction of sp³-hybridized carbons (Fsp3) is 0.591. The normalized spacial score (nSPS) is 18.4. The molecule has 9 heteroatoms. The number of nitrogens with one attached hydrogen (secondary N) is 1. The fourth-order valence-electron chi connectivity index (χ4n) is 4.39. The molecule has 2 aliphatic rings. The van der Waals surface area contributed by atoms with Crippen LogP contribution in [-0.4, -0.2) is 53.0 Å². The predicted octanol–water partition coefficient (Wildman–Crippen LogP) is 2.07. The number of sulfonamides is 1. The Morgan fingerprint density at radius 2 is 1.81 bits per heavy atom. The first-order valence-electron chi connectivity index (χ1n) is 11.2. The van der Waals surface area contributed by atoms with Crippen molar-refractivity contribution < 1.29 is 13.2 Å². The van der Waals surface area contributed by atoms with E-state index in [0.29, 0.717) is 43.8 Å². The highest BCUT2D eigenvalue weighted by molar-refractivity contribution is 7.89. The Kier molecular flexibility index (Phi) is 6.71. The number of hydrogen-bond donors (Lipinski definition) is 1. The van der Waals surface area contributed by atoms with E-state index in [1.165, 1.54) is 10.7 Å². The number of carbonyl (C=O) groups is 1. The second-order valence-electron chi connectivity index (χ2n) is 8.53. The Bertz CT molecular complexity index is 1010. The van der Waals surface area contributed by atoms with E-state index in [2.05, 4.69) is 20.1 Å². The minimum absolute atomic E-state index is 0.00277. The quantitative estimate of drug-likeness (QED) is 0.734. The van der Waals surface area contributed by atoms with Crippen LogP contribution < -0.4 is 5.32 Å². The third kappa shape index (κ3) is 4.98. The number of hydrogen-bond acceptors (Lipinski definition) is 5. The van der Waals surface area contributed by atoms with E-state index in [4.69, 9.17) is 0 Å². The molecule has 2 aliphatic heterocycles. The summed E-state index contributed by atoms with van der Waals surface area (Å²) in [7, 11) is -3.50. The predicted molar refractivity (Wildman–Crippen MR) is 117 cm³/mol. The maximum atomic E-state index is 12.8. The van der Waals surface area contributed by atoms with Crippen LogP contribution in [0.15, 0.2) is 29.2 Å². The van der Waals surface area contributed by atoms with Crippen molar-refractivity contribution in [3.05, 3.63) is 41.5 Å². The highest BCUT2D eigenvalue weighted by Gasteiger charge is 2.32. The van der Waals surface area contributed by atoms with Gasteiger partial charge in [-0.1, -0.05) is 24.1 Å². The van der Waals surface area contributed by atoms with E-state index in [1.807, 2.05) is 6.92 Å². The minimum atomic E-state index is -3.50. The molecule has 0 aliphatic carbocycles. The summed E-state index contributed by atoms with van der Waals surface area (Å²) in [4.78, 5) is 12.9. The summed E-state index contributed by atoms with van der Waals surface area (Å²) in [5.74, 6) is 1.85. The van der Waals surface area contributed by atoms with Gasteiger partial charge in [-0.3, -0.25) is 4.79 Å². The summed E-state index contributed by atoms with van der Waals surface area (Å²) in [6.07, 6.45) is 6.25. The summed E-state index contributed by atoms with van der Waals surface area (Å²) in [5.41, 5.74) is 1.02. The second kappa shape index (κ2) is 9.48. The van der Waals surface area contributed by atoms with Crippen molar-refractivity contribution in [2.75, 3.05) is 19.6 Å². The van der Waals surface area contributed by atoms with Crippen molar-refractivity contribution in [3.63, 3.8) is 0 Å². The van der Waals surface area contributed by atoms with Gasteiger partial charge in [0.15, 0.2) is 0 Å². The zero-order valence-corrected chi connectivity index (χ0v) is 18.9. The monoisotopic (exact) mass is 445 g/mol. The lowest BCUT2D eigenvalue weighted by Crippen LogP contribution is -2.43. The van der Waals surface area contributed by atoms with Crippen molar-refractivity contribution in [1.82, 2.24) is 24.4 Å². The second-order valence-corrected chi connectivity index (χ2v) is 10.5. The van der Waals surface area contributed by atoms with Gasteiger partial charge in [0.1, 0.15) is 11.6 Å². The van der Waals surface area contributed by atoms with Crippen molar-refractivity contribution >= 4 is 15.9 Å². The fourth-order valence-corrected chi connectivity index (χ4v) is 5.86. The molecule has 0 atom stereocenters. The Balaban J connectivity index is 1.26. The van der Waals surface area contributed by atoms with Crippen LogP contribution in [0.1, 0.15) is 49.3 Å². The van der Waals surface area contributed by atoms with Crippen LogP contribution >= 0.6 is 0 Å². The topological polar surface area (TPSA) is 97.2 Å². The number of benzene rings is 1. The number of rotatable bonds is 6. The summed E-state index contributed by atoms with van der Waals surface area (Å²) >= 11 is 0. The lowest BCUT2D eigenvalue weighted by molar-refractivity contribution is -0.126. The van der Waals surface area contributed by atoms with Gasteiger partial charge in [0.25, 0.3) is 0 Å². The minimum Gasteiger partial charge on any atom is -0.355 e. The van der Waals surface area contributed by atoms with Crippen LogP contribution in [0.25, 0.3) is 0 Å². The maximum Gasteiger partial charge on any atom is 0.243 e. The molecule has 0 spiro atoms. The molecule has 8 nitrogen and oxygen atoms in total. The van der Waals surface area contributed by atoms with Gasteiger partial charge in [-0.2, -0.15) is 4.31 Å². The van der Waals surface area contributed by atoms with Crippen LogP contribution in [0, 0.1) is 12.8 Å². The van der Waals surface area contributed by atoms with Gasteiger partial charge < -0.3 is 9.88 Å². The molecule has 1 aromatic heterocycles. The molecule has 2 aromatic rings. The van der Waals surface area contributed by atoms with Crippen molar-refractivity contribution in [2.24, 2.45) is 5.92 Å². The molecule has 1 fully saturated rings. The highest BCUT2D eigenvalue weighted by atomic mass is 32.2. The van der Waals surface area contributed by atoms with E-state index in [0.717, 1.165) is 43.0 Å². The van der Waals surface area contributed by atoms with E-state index in [-0.39, 0.29) is 11.8 Å². The SMILES string of the molecule is Cc1ccc(S(=O)(=O)N2CCC(C(=O)NCCc3nnc4n3CCCCC4)CC2)cc1. The average molecular weight is 446 g/mol. The van der Waals surface area contributed by atoms with E-state index < -0.39 is 10.0 Å². The maximum absolute atomic E-state index is 12.8. The van der Waals surface area contributed by atoms with Gasteiger partial charge >= 0.3 is 0 Å². The zero-order chi connectivity index (χ0) is 21.8.